The first-order valence-electron chi connectivity index (χ1n) is 9.54. The molecular formula is C23H25FO3. The van der Waals surface area contributed by atoms with E-state index in [1.165, 1.54) is 24.1 Å². The predicted octanol–water partition coefficient (Wildman–Crippen LogP) is 6.46. The zero-order valence-electron chi connectivity index (χ0n) is 16.1. The van der Waals surface area contributed by atoms with E-state index in [-0.39, 0.29) is 12.4 Å². The largest absolute Gasteiger partial charge is 0.462 e. The van der Waals surface area contributed by atoms with Gasteiger partial charge in [0.2, 0.25) is 0 Å². The van der Waals surface area contributed by atoms with E-state index in [9.17, 15) is 9.18 Å². The number of carbonyl (C=O) groups is 1. The first-order valence-corrected chi connectivity index (χ1v) is 9.54. The minimum absolute atomic E-state index is 0.281. The number of aryl methyl sites for hydroxylation is 2. The van der Waals surface area contributed by atoms with Gasteiger partial charge in [0.15, 0.2) is 0 Å². The zero-order chi connectivity index (χ0) is 19.4. The maximum Gasteiger partial charge on any atom is 0.342 e. The van der Waals surface area contributed by atoms with Crippen LogP contribution < -0.4 is 0 Å². The number of benzene rings is 2. The number of ether oxygens (including phenoxy) is 1. The van der Waals surface area contributed by atoms with Crippen molar-refractivity contribution >= 4 is 16.9 Å². The molecule has 0 amide bonds. The molecule has 0 fully saturated rings. The van der Waals surface area contributed by atoms with Crippen molar-refractivity contribution in [1.82, 2.24) is 0 Å². The normalized spacial score (nSPS) is 11.1. The van der Waals surface area contributed by atoms with E-state index in [1.54, 1.807) is 19.1 Å². The Kier molecular flexibility index (Phi) is 5.94. The van der Waals surface area contributed by atoms with Crippen LogP contribution >= 0.6 is 0 Å². The number of unbranched alkanes of at least 4 members (excludes halogenated alkanes) is 2. The Morgan fingerprint density at radius 1 is 1.11 bits per heavy atom. The fraction of sp³-hybridized carbons (Fsp3) is 0.348. The van der Waals surface area contributed by atoms with Gasteiger partial charge in [-0.15, -0.1) is 0 Å². The molecule has 4 heteroatoms. The van der Waals surface area contributed by atoms with Gasteiger partial charge in [-0.25, -0.2) is 9.18 Å². The van der Waals surface area contributed by atoms with Gasteiger partial charge in [0, 0.05) is 10.9 Å². The van der Waals surface area contributed by atoms with Gasteiger partial charge in [0.25, 0.3) is 0 Å². The number of furan rings is 1. The molecule has 3 nitrogen and oxygen atoms in total. The van der Waals surface area contributed by atoms with E-state index >= 15 is 0 Å². The Morgan fingerprint density at radius 2 is 1.85 bits per heavy atom. The quantitative estimate of drug-likeness (QED) is 0.355. The summed E-state index contributed by atoms with van der Waals surface area (Å²) < 4.78 is 24.6. The lowest BCUT2D eigenvalue weighted by Crippen LogP contribution is -2.05. The van der Waals surface area contributed by atoms with Gasteiger partial charge >= 0.3 is 5.97 Å². The number of rotatable bonds is 7. The molecule has 0 saturated heterocycles. The number of hydrogen-bond donors (Lipinski definition) is 0. The SMILES string of the molecule is CCCCCc1cc2c(C(=O)OCC)c(-c3ccc(F)cc3)oc2cc1C. The first-order chi connectivity index (χ1) is 13.0. The summed E-state index contributed by atoms with van der Waals surface area (Å²) in [4.78, 5) is 12.7. The third-order valence-electron chi connectivity index (χ3n) is 4.78. The van der Waals surface area contributed by atoms with Crippen molar-refractivity contribution in [3.05, 3.63) is 58.9 Å². The maximum atomic E-state index is 13.3. The van der Waals surface area contributed by atoms with Gasteiger partial charge in [-0.1, -0.05) is 19.8 Å². The van der Waals surface area contributed by atoms with Gasteiger partial charge in [-0.05, 0) is 74.2 Å². The van der Waals surface area contributed by atoms with Crippen LogP contribution in [0.1, 0.15) is 54.6 Å². The summed E-state index contributed by atoms with van der Waals surface area (Å²) >= 11 is 0. The Morgan fingerprint density at radius 3 is 2.52 bits per heavy atom. The second-order valence-corrected chi connectivity index (χ2v) is 6.77. The van der Waals surface area contributed by atoms with Crippen LogP contribution in [-0.2, 0) is 11.2 Å². The molecule has 0 atom stereocenters. The lowest BCUT2D eigenvalue weighted by Gasteiger charge is -2.07. The van der Waals surface area contributed by atoms with Crippen LogP contribution in [-0.4, -0.2) is 12.6 Å². The molecule has 0 saturated carbocycles. The van der Waals surface area contributed by atoms with Crippen LogP contribution in [0.3, 0.4) is 0 Å². The average molecular weight is 368 g/mol. The molecule has 0 aliphatic carbocycles. The van der Waals surface area contributed by atoms with Crippen molar-refractivity contribution < 1.29 is 18.3 Å². The van der Waals surface area contributed by atoms with Gasteiger partial charge in [-0.2, -0.15) is 0 Å². The molecule has 0 radical (unpaired) electrons. The molecule has 0 aliphatic heterocycles. The van der Waals surface area contributed by atoms with E-state index in [0.717, 1.165) is 30.2 Å². The smallest absolute Gasteiger partial charge is 0.342 e. The molecule has 1 heterocycles. The molecule has 1 aromatic heterocycles. The van der Waals surface area contributed by atoms with Gasteiger partial charge < -0.3 is 9.15 Å². The van der Waals surface area contributed by atoms with Crippen molar-refractivity contribution in [2.24, 2.45) is 0 Å². The fourth-order valence-electron chi connectivity index (χ4n) is 3.33. The molecular weight excluding hydrogens is 343 g/mol. The summed E-state index contributed by atoms with van der Waals surface area (Å²) in [6, 6.07) is 9.98. The first kappa shape index (κ1) is 19.2. The summed E-state index contributed by atoms with van der Waals surface area (Å²) in [5.41, 5.74) is 4.08. The standard InChI is InChI=1S/C23H25FO3/c1-4-6-7-8-17-14-19-20(13-15(17)3)27-22(21(19)23(25)26-5-2)16-9-11-18(24)12-10-16/h9-14H,4-8H2,1-3H3. The summed E-state index contributed by atoms with van der Waals surface area (Å²) in [5, 5.41) is 0.755. The van der Waals surface area contributed by atoms with Crippen LogP contribution in [0.25, 0.3) is 22.3 Å². The zero-order valence-corrected chi connectivity index (χ0v) is 16.1. The highest BCUT2D eigenvalue weighted by atomic mass is 19.1. The molecule has 0 bridgehead atoms. The van der Waals surface area contributed by atoms with Crippen molar-refractivity contribution in [1.29, 1.82) is 0 Å². The number of esters is 1. The van der Waals surface area contributed by atoms with Gasteiger partial charge in [0.05, 0.1) is 6.61 Å². The van der Waals surface area contributed by atoms with Gasteiger partial charge in [0.1, 0.15) is 22.7 Å². The summed E-state index contributed by atoms with van der Waals surface area (Å²) in [5.74, 6) is -0.325. The highest BCUT2D eigenvalue weighted by Gasteiger charge is 2.24. The minimum atomic E-state index is -0.418. The number of halogens is 1. The third-order valence-corrected chi connectivity index (χ3v) is 4.78. The highest BCUT2D eigenvalue weighted by molar-refractivity contribution is 6.09. The lowest BCUT2D eigenvalue weighted by atomic mass is 9.98. The van der Waals surface area contributed by atoms with Crippen molar-refractivity contribution in [3.63, 3.8) is 0 Å². The molecule has 142 valence electrons. The second kappa shape index (κ2) is 8.38. The van der Waals surface area contributed by atoms with Crippen molar-refractivity contribution in [2.75, 3.05) is 6.61 Å². The van der Waals surface area contributed by atoms with Crippen molar-refractivity contribution in [3.8, 4) is 11.3 Å². The molecule has 27 heavy (non-hydrogen) atoms. The van der Waals surface area contributed by atoms with Crippen LogP contribution in [0, 0.1) is 12.7 Å². The van der Waals surface area contributed by atoms with E-state index in [0.29, 0.717) is 22.5 Å². The van der Waals surface area contributed by atoms with Crippen LogP contribution in [0.2, 0.25) is 0 Å². The summed E-state index contributed by atoms with van der Waals surface area (Å²) in [6.45, 7) is 6.30. The predicted molar refractivity (Wildman–Crippen MR) is 106 cm³/mol. The van der Waals surface area contributed by atoms with E-state index in [2.05, 4.69) is 13.8 Å². The Hall–Kier alpha value is -2.62. The fourth-order valence-corrected chi connectivity index (χ4v) is 3.33. The topological polar surface area (TPSA) is 39.4 Å². The van der Waals surface area contributed by atoms with Crippen LogP contribution in [0.15, 0.2) is 40.8 Å². The molecule has 3 rings (SSSR count). The third kappa shape index (κ3) is 4.05. The molecule has 0 N–H and O–H groups in total. The summed E-state index contributed by atoms with van der Waals surface area (Å²) in [6.07, 6.45) is 4.42. The second-order valence-electron chi connectivity index (χ2n) is 6.77. The Bertz CT molecular complexity index is 938. The lowest BCUT2D eigenvalue weighted by molar-refractivity contribution is 0.0528. The Balaban J connectivity index is 2.15. The van der Waals surface area contributed by atoms with E-state index < -0.39 is 5.97 Å². The number of hydrogen-bond acceptors (Lipinski definition) is 3. The van der Waals surface area contributed by atoms with E-state index in [4.69, 9.17) is 9.15 Å². The highest BCUT2D eigenvalue weighted by Crippen LogP contribution is 2.36. The minimum Gasteiger partial charge on any atom is -0.462 e. The monoisotopic (exact) mass is 368 g/mol. The van der Waals surface area contributed by atoms with E-state index in [1.807, 2.05) is 12.1 Å². The molecule has 2 aromatic carbocycles. The average Bonchev–Trinajstić information content (AvgIpc) is 3.01. The number of fused-ring (bicyclic) bond motifs is 1. The van der Waals surface area contributed by atoms with Crippen LogP contribution in [0.4, 0.5) is 4.39 Å². The summed E-state index contributed by atoms with van der Waals surface area (Å²) in [7, 11) is 0. The molecule has 3 aromatic rings. The Labute approximate surface area is 159 Å². The molecule has 0 spiro atoms. The number of carbonyl (C=O) groups excluding carboxylic acids is 1. The van der Waals surface area contributed by atoms with Gasteiger partial charge in [-0.3, -0.25) is 0 Å². The van der Waals surface area contributed by atoms with Crippen molar-refractivity contribution in [2.45, 2.75) is 46.5 Å². The maximum absolute atomic E-state index is 13.3. The molecule has 0 aliphatic rings. The van der Waals surface area contributed by atoms with Crippen LogP contribution in [0.5, 0.6) is 0 Å². The molecule has 0 unspecified atom stereocenters.